The van der Waals surface area contributed by atoms with Crippen molar-refractivity contribution in [1.29, 1.82) is 5.26 Å². The highest BCUT2D eigenvalue weighted by Gasteiger charge is 2.50. The van der Waals surface area contributed by atoms with Crippen molar-refractivity contribution in [3.8, 4) is 6.07 Å². The Bertz CT molecular complexity index is 389. The molecule has 0 atom stereocenters. The minimum atomic E-state index is -0.706. The van der Waals surface area contributed by atoms with Gasteiger partial charge in [0.2, 0.25) is 5.91 Å². The number of nitrogens with zero attached hydrogens (tertiary/aromatic N) is 2. The normalized spacial score (nSPS) is 16.7. The first-order chi connectivity index (χ1) is 7.27. The van der Waals surface area contributed by atoms with E-state index in [1.165, 1.54) is 0 Å². The Morgan fingerprint density at radius 1 is 1.73 bits per heavy atom. The molecule has 1 heterocycles. The van der Waals surface area contributed by atoms with Crippen molar-refractivity contribution in [2.45, 2.75) is 19.3 Å². The van der Waals surface area contributed by atoms with E-state index in [0.717, 1.165) is 12.1 Å². The number of carbonyl (C=O) groups is 1. The number of nitriles is 1. The summed E-state index contributed by atoms with van der Waals surface area (Å²) in [6, 6.07) is 2.07. The summed E-state index contributed by atoms with van der Waals surface area (Å²) in [7, 11) is 0. The number of nitrogens with one attached hydrogen (secondary N) is 1. The second-order valence-electron chi connectivity index (χ2n) is 3.68. The van der Waals surface area contributed by atoms with Crippen molar-refractivity contribution in [1.82, 2.24) is 10.3 Å². The van der Waals surface area contributed by atoms with Crippen LogP contribution < -0.4 is 5.32 Å². The van der Waals surface area contributed by atoms with Crippen LogP contribution in [0.25, 0.3) is 0 Å². The third-order valence-electron chi connectivity index (χ3n) is 2.55. The third kappa shape index (κ3) is 2.16. The van der Waals surface area contributed by atoms with Crippen LogP contribution in [0, 0.1) is 16.7 Å². The Morgan fingerprint density at radius 2 is 2.53 bits per heavy atom. The van der Waals surface area contributed by atoms with E-state index in [1.54, 1.807) is 16.8 Å². The van der Waals surface area contributed by atoms with Gasteiger partial charge >= 0.3 is 0 Å². The number of carbonyl (C=O) groups excluding carboxylic acids is 1. The summed E-state index contributed by atoms with van der Waals surface area (Å²) < 4.78 is 0. The van der Waals surface area contributed by atoms with Crippen LogP contribution in [-0.4, -0.2) is 17.4 Å². The first kappa shape index (κ1) is 10.1. The average molecular weight is 221 g/mol. The van der Waals surface area contributed by atoms with Crippen LogP contribution in [0.5, 0.6) is 0 Å². The predicted octanol–water partition coefficient (Wildman–Crippen LogP) is 1.11. The molecule has 15 heavy (non-hydrogen) atoms. The molecule has 1 aliphatic rings. The quantitative estimate of drug-likeness (QED) is 0.828. The van der Waals surface area contributed by atoms with Gasteiger partial charge in [0.05, 0.1) is 17.3 Å². The van der Waals surface area contributed by atoms with E-state index in [0.29, 0.717) is 19.4 Å². The van der Waals surface area contributed by atoms with Gasteiger partial charge in [0.25, 0.3) is 0 Å². The highest BCUT2D eigenvalue weighted by atomic mass is 32.1. The lowest BCUT2D eigenvalue weighted by molar-refractivity contribution is -0.124. The molecule has 2 rings (SSSR count). The molecule has 0 spiro atoms. The van der Waals surface area contributed by atoms with Crippen molar-refractivity contribution >= 4 is 17.2 Å². The number of aromatic nitrogens is 1. The summed E-state index contributed by atoms with van der Waals surface area (Å²) in [4.78, 5) is 15.6. The van der Waals surface area contributed by atoms with Crippen LogP contribution in [0.1, 0.15) is 18.5 Å². The highest BCUT2D eigenvalue weighted by molar-refractivity contribution is 7.07. The summed E-state index contributed by atoms with van der Waals surface area (Å²) >= 11 is 1.54. The molecular formula is C10H11N3OS. The summed E-state index contributed by atoms with van der Waals surface area (Å²) in [5, 5.41) is 13.5. The van der Waals surface area contributed by atoms with E-state index in [4.69, 9.17) is 5.26 Å². The lowest BCUT2D eigenvalue weighted by Crippen LogP contribution is -2.32. The Balaban J connectivity index is 1.75. The molecule has 1 aromatic rings. The molecule has 1 saturated carbocycles. The Labute approximate surface area is 91.9 Å². The van der Waals surface area contributed by atoms with Crippen LogP contribution in [-0.2, 0) is 11.2 Å². The third-order valence-corrected chi connectivity index (χ3v) is 3.18. The zero-order chi connectivity index (χ0) is 10.7. The van der Waals surface area contributed by atoms with Gasteiger partial charge in [-0.1, -0.05) is 0 Å². The lowest BCUT2D eigenvalue weighted by Gasteiger charge is -2.06. The van der Waals surface area contributed by atoms with E-state index in [1.807, 2.05) is 5.38 Å². The van der Waals surface area contributed by atoms with Gasteiger partial charge in [-0.2, -0.15) is 5.26 Å². The largest absolute Gasteiger partial charge is 0.354 e. The van der Waals surface area contributed by atoms with E-state index >= 15 is 0 Å². The molecule has 0 radical (unpaired) electrons. The molecule has 78 valence electrons. The Kier molecular flexibility index (Phi) is 2.69. The molecule has 0 aromatic carbocycles. The summed E-state index contributed by atoms with van der Waals surface area (Å²) in [5.41, 5.74) is 2.05. The van der Waals surface area contributed by atoms with Gasteiger partial charge < -0.3 is 5.32 Å². The molecule has 1 amide bonds. The van der Waals surface area contributed by atoms with Gasteiger partial charge in [0.15, 0.2) is 0 Å². The summed E-state index contributed by atoms with van der Waals surface area (Å²) in [6.45, 7) is 0.562. The highest BCUT2D eigenvalue weighted by Crippen LogP contribution is 2.44. The fourth-order valence-electron chi connectivity index (χ4n) is 1.35. The average Bonchev–Trinajstić information content (AvgIpc) is 2.90. The Morgan fingerprint density at radius 3 is 3.07 bits per heavy atom. The second kappa shape index (κ2) is 3.99. The topological polar surface area (TPSA) is 65.8 Å². The summed E-state index contributed by atoms with van der Waals surface area (Å²) in [6.07, 6.45) is 2.13. The van der Waals surface area contributed by atoms with Gasteiger partial charge in [0.1, 0.15) is 5.41 Å². The fraction of sp³-hybridized carbons (Fsp3) is 0.500. The second-order valence-corrected chi connectivity index (χ2v) is 4.40. The van der Waals surface area contributed by atoms with Gasteiger partial charge in [-0.25, -0.2) is 4.98 Å². The molecule has 0 unspecified atom stereocenters. The minimum Gasteiger partial charge on any atom is -0.354 e. The van der Waals surface area contributed by atoms with Crippen molar-refractivity contribution in [3.63, 3.8) is 0 Å². The molecule has 1 fully saturated rings. The smallest absolute Gasteiger partial charge is 0.240 e. The number of hydrogen-bond donors (Lipinski definition) is 1. The van der Waals surface area contributed by atoms with Gasteiger partial charge in [0, 0.05) is 18.3 Å². The van der Waals surface area contributed by atoms with Crippen molar-refractivity contribution in [3.05, 3.63) is 16.6 Å². The molecular weight excluding hydrogens is 210 g/mol. The fourth-order valence-corrected chi connectivity index (χ4v) is 1.94. The molecule has 4 nitrogen and oxygen atoms in total. The maximum Gasteiger partial charge on any atom is 0.240 e. The first-order valence-corrected chi connectivity index (χ1v) is 5.78. The van der Waals surface area contributed by atoms with Crippen molar-refractivity contribution in [2.24, 2.45) is 5.41 Å². The number of rotatable bonds is 4. The van der Waals surface area contributed by atoms with Crippen LogP contribution in [0.15, 0.2) is 10.9 Å². The maximum absolute atomic E-state index is 11.5. The molecule has 0 bridgehead atoms. The molecule has 0 saturated heterocycles. The minimum absolute atomic E-state index is 0.125. The van der Waals surface area contributed by atoms with Crippen molar-refractivity contribution in [2.75, 3.05) is 6.54 Å². The maximum atomic E-state index is 11.5. The lowest BCUT2D eigenvalue weighted by atomic mass is 10.1. The first-order valence-electron chi connectivity index (χ1n) is 4.83. The van der Waals surface area contributed by atoms with E-state index in [-0.39, 0.29) is 5.91 Å². The standard InChI is InChI=1S/C10H11N3OS/c11-6-10(2-3-10)9(14)12-4-1-8-5-15-7-13-8/h5,7H,1-4H2,(H,12,14). The number of thiazole rings is 1. The zero-order valence-corrected chi connectivity index (χ0v) is 9.01. The monoisotopic (exact) mass is 221 g/mol. The summed E-state index contributed by atoms with van der Waals surface area (Å²) in [5.74, 6) is -0.125. The van der Waals surface area contributed by atoms with Crippen LogP contribution in [0.2, 0.25) is 0 Å². The zero-order valence-electron chi connectivity index (χ0n) is 8.19. The van der Waals surface area contributed by atoms with Gasteiger partial charge in [-0.3, -0.25) is 4.79 Å². The molecule has 5 heteroatoms. The molecule has 1 aromatic heterocycles. The SMILES string of the molecule is N#CC1(C(=O)NCCc2cscn2)CC1. The van der Waals surface area contributed by atoms with Gasteiger partial charge in [-0.15, -0.1) is 11.3 Å². The van der Waals surface area contributed by atoms with E-state index in [2.05, 4.69) is 16.4 Å². The molecule has 1 N–H and O–H groups in total. The number of amides is 1. The Hall–Kier alpha value is -1.41. The van der Waals surface area contributed by atoms with Crippen LogP contribution in [0.3, 0.4) is 0 Å². The van der Waals surface area contributed by atoms with Crippen LogP contribution in [0.4, 0.5) is 0 Å². The molecule has 0 aliphatic heterocycles. The van der Waals surface area contributed by atoms with E-state index < -0.39 is 5.41 Å². The molecule has 1 aliphatic carbocycles. The van der Waals surface area contributed by atoms with E-state index in [9.17, 15) is 4.79 Å². The van der Waals surface area contributed by atoms with Crippen molar-refractivity contribution < 1.29 is 4.79 Å². The van der Waals surface area contributed by atoms with Crippen LogP contribution >= 0.6 is 11.3 Å². The van der Waals surface area contributed by atoms with Gasteiger partial charge in [-0.05, 0) is 12.8 Å². The predicted molar refractivity (Wildman–Crippen MR) is 56.1 cm³/mol. The number of hydrogen-bond acceptors (Lipinski definition) is 4.